The lowest BCUT2D eigenvalue weighted by Crippen LogP contribution is -2.69. The first-order valence-electron chi connectivity index (χ1n) is 8.14. The van der Waals surface area contributed by atoms with Crippen molar-refractivity contribution in [2.75, 3.05) is 12.3 Å². The lowest BCUT2D eigenvalue weighted by Gasteiger charge is -2.48. The Morgan fingerprint density at radius 2 is 2.32 bits per heavy atom. The van der Waals surface area contributed by atoms with Gasteiger partial charge in [0.2, 0.25) is 0 Å². The van der Waals surface area contributed by atoms with Crippen molar-refractivity contribution in [2.45, 2.75) is 23.6 Å². The Balaban J connectivity index is 1.78. The van der Waals surface area contributed by atoms with Gasteiger partial charge in [0.05, 0.1) is 0 Å². The van der Waals surface area contributed by atoms with Gasteiger partial charge in [-0.3, -0.25) is 14.4 Å². The molecule has 148 valence electrons. The molecule has 0 bridgehead atoms. The van der Waals surface area contributed by atoms with Gasteiger partial charge in [-0.25, -0.2) is 4.98 Å². The minimum atomic E-state index is -1.04. The van der Waals surface area contributed by atoms with E-state index < -0.39 is 28.5 Å². The number of allylic oxidation sites excluding steroid dienone is 1. The molecule has 0 radical (unpaired) electrons. The van der Waals surface area contributed by atoms with Gasteiger partial charge in [-0.15, -0.1) is 23.1 Å². The maximum atomic E-state index is 12.7. The Morgan fingerprint density at radius 3 is 2.89 bits per heavy atom. The normalized spacial score (nSPS) is 24.0. The number of carbonyl (C=O) groups is 3. The molecular formula is C16H17N5O5S2. The molecule has 3 rings (SSSR count). The van der Waals surface area contributed by atoms with Crippen molar-refractivity contribution in [3.8, 4) is 0 Å². The third-order valence-corrected chi connectivity index (χ3v) is 6.16. The van der Waals surface area contributed by atoms with Crippen molar-refractivity contribution in [3.05, 3.63) is 35.5 Å². The summed E-state index contributed by atoms with van der Waals surface area (Å²) >= 11 is 2.19. The number of nitrogens with zero attached hydrogens (tertiary/aromatic N) is 3. The molecule has 0 aliphatic carbocycles. The van der Waals surface area contributed by atoms with Crippen LogP contribution in [0.4, 0.5) is 5.13 Å². The molecular weight excluding hydrogens is 406 g/mol. The number of anilines is 1. The molecule has 12 heteroatoms. The number of nitrogens with two attached hydrogens (primary N) is 1. The van der Waals surface area contributed by atoms with E-state index in [1.807, 2.05) is 0 Å². The van der Waals surface area contributed by atoms with Crippen LogP contribution in [0.3, 0.4) is 0 Å². The number of β-lactam (4-membered cyclic amide) rings is 1. The number of nitrogen functional groups attached to an aromatic ring is 1. The van der Waals surface area contributed by atoms with Crippen LogP contribution in [-0.4, -0.2) is 61.8 Å². The van der Waals surface area contributed by atoms with Gasteiger partial charge in [-0.1, -0.05) is 17.8 Å². The molecule has 28 heavy (non-hydrogen) atoms. The molecule has 4 N–H and O–H groups in total. The number of oxime groups is 1. The van der Waals surface area contributed by atoms with Crippen molar-refractivity contribution < 1.29 is 24.3 Å². The van der Waals surface area contributed by atoms with E-state index in [2.05, 4.69) is 22.0 Å². The molecule has 2 aliphatic rings. The maximum Gasteiger partial charge on any atom is 0.321 e. The number of fused-ring (bicyclic) bond motifs is 1. The number of carbonyl (C=O) groups excluding carboxylic acids is 2. The van der Waals surface area contributed by atoms with Crippen molar-refractivity contribution in [3.63, 3.8) is 0 Å². The van der Waals surface area contributed by atoms with Gasteiger partial charge < -0.3 is 25.9 Å². The van der Waals surface area contributed by atoms with Crippen LogP contribution in [0.2, 0.25) is 0 Å². The number of carboxylic acid groups (broad SMARTS) is 1. The number of nitrogens with one attached hydrogen (secondary N) is 1. The van der Waals surface area contributed by atoms with Gasteiger partial charge in [0, 0.05) is 11.6 Å². The first kappa shape index (κ1) is 19.9. The van der Waals surface area contributed by atoms with Gasteiger partial charge in [-0.05, 0) is 12.5 Å². The molecule has 2 amide bonds. The van der Waals surface area contributed by atoms with E-state index in [4.69, 9.17) is 10.6 Å². The third-order valence-electron chi connectivity index (χ3n) is 3.96. The fourth-order valence-corrected chi connectivity index (χ4v) is 4.54. The van der Waals surface area contributed by atoms with Crippen molar-refractivity contribution in [2.24, 2.45) is 5.16 Å². The van der Waals surface area contributed by atoms with Gasteiger partial charge in [0.25, 0.3) is 11.8 Å². The quantitative estimate of drug-likeness (QED) is 0.324. The van der Waals surface area contributed by atoms with Crippen LogP contribution in [0.1, 0.15) is 12.6 Å². The maximum absolute atomic E-state index is 12.7. The van der Waals surface area contributed by atoms with Crippen LogP contribution in [0.15, 0.2) is 35.0 Å². The number of thiazole rings is 1. The fourth-order valence-electron chi connectivity index (χ4n) is 2.65. The summed E-state index contributed by atoms with van der Waals surface area (Å²) in [6.07, 6.45) is 2.86. The highest BCUT2D eigenvalue weighted by Gasteiger charge is 2.52. The van der Waals surface area contributed by atoms with E-state index in [1.165, 1.54) is 17.2 Å². The molecule has 0 saturated carbocycles. The Hall–Kier alpha value is -2.86. The van der Waals surface area contributed by atoms with Crippen molar-refractivity contribution in [1.82, 2.24) is 15.2 Å². The van der Waals surface area contributed by atoms with Crippen LogP contribution in [0.5, 0.6) is 0 Å². The standard InChI is InChI=1S/C16H17N5O5S2/c1-3-7-5-21-13(23)10(14(21)28-11(7)15(24)25)19-12(22)9(20-26-4-2)8-6-27-16(17)18-8/h3,5-6,10-11,14H,1,4H2,2H3,(H2,17,18)(H,19,22)(H,24,25)/t10?,11?,14-/m1/s1. The molecule has 0 spiro atoms. The Labute approximate surface area is 168 Å². The second-order valence-electron chi connectivity index (χ2n) is 5.70. The number of hydrogen-bond acceptors (Lipinski definition) is 9. The number of amides is 2. The van der Waals surface area contributed by atoms with Crippen LogP contribution in [-0.2, 0) is 19.2 Å². The van der Waals surface area contributed by atoms with E-state index in [-0.39, 0.29) is 29.1 Å². The van der Waals surface area contributed by atoms with E-state index >= 15 is 0 Å². The fraction of sp³-hybridized carbons (Fsp3) is 0.312. The highest BCUT2D eigenvalue weighted by Crippen LogP contribution is 2.40. The average Bonchev–Trinajstić information content (AvgIpc) is 3.10. The number of aromatic nitrogens is 1. The zero-order valence-corrected chi connectivity index (χ0v) is 16.3. The van der Waals surface area contributed by atoms with E-state index in [1.54, 1.807) is 12.3 Å². The van der Waals surface area contributed by atoms with Gasteiger partial charge in [-0.2, -0.15) is 0 Å². The molecule has 1 saturated heterocycles. The first-order valence-corrected chi connectivity index (χ1v) is 9.96. The molecule has 3 atom stereocenters. The summed E-state index contributed by atoms with van der Waals surface area (Å²) in [5.74, 6) is -2.07. The zero-order valence-electron chi connectivity index (χ0n) is 14.7. The predicted octanol–water partition coefficient (Wildman–Crippen LogP) is 0.389. The Kier molecular flexibility index (Phi) is 5.70. The van der Waals surface area contributed by atoms with Crippen LogP contribution < -0.4 is 11.1 Å². The predicted molar refractivity (Wildman–Crippen MR) is 105 cm³/mol. The number of rotatable bonds is 7. The summed E-state index contributed by atoms with van der Waals surface area (Å²) in [6.45, 7) is 5.52. The summed E-state index contributed by atoms with van der Waals surface area (Å²) in [6, 6.07) is -0.898. The Morgan fingerprint density at radius 1 is 1.57 bits per heavy atom. The number of hydrogen-bond donors (Lipinski definition) is 3. The smallest absolute Gasteiger partial charge is 0.321 e. The minimum absolute atomic E-state index is 0.112. The summed E-state index contributed by atoms with van der Waals surface area (Å²) in [4.78, 5) is 47.0. The number of aliphatic carboxylic acids is 1. The van der Waals surface area contributed by atoms with Crippen LogP contribution >= 0.6 is 23.1 Å². The first-order chi connectivity index (χ1) is 13.4. The van der Waals surface area contributed by atoms with Gasteiger partial charge in [0.1, 0.15) is 29.0 Å². The molecule has 1 aromatic heterocycles. The second-order valence-corrected chi connectivity index (χ2v) is 7.82. The highest BCUT2D eigenvalue weighted by atomic mass is 32.2. The molecule has 3 heterocycles. The molecule has 2 unspecified atom stereocenters. The van der Waals surface area contributed by atoms with Crippen molar-refractivity contribution >= 4 is 51.7 Å². The van der Waals surface area contributed by atoms with Crippen LogP contribution in [0.25, 0.3) is 0 Å². The summed E-state index contributed by atoms with van der Waals surface area (Å²) in [5, 5.41) is 16.1. The second kappa shape index (κ2) is 8.02. The molecule has 2 aliphatic heterocycles. The summed E-state index contributed by atoms with van der Waals surface area (Å²) in [7, 11) is 0. The van der Waals surface area contributed by atoms with E-state index in [0.717, 1.165) is 23.1 Å². The average molecular weight is 423 g/mol. The van der Waals surface area contributed by atoms with Crippen LogP contribution in [0, 0.1) is 0 Å². The molecule has 0 aromatic carbocycles. The summed E-state index contributed by atoms with van der Waals surface area (Å²) in [5.41, 5.74) is 6.14. The van der Waals surface area contributed by atoms with Gasteiger partial charge in [0.15, 0.2) is 10.8 Å². The number of carboxylic acids is 1. The third kappa shape index (κ3) is 3.60. The van der Waals surface area contributed by atoms with Crippen molar-refractivity contribution in [1.29, 1.82) is 0 Å². The van der Waals surface area contributed by atoms with Gasteiger partial charge >= 0.3 is 5.97 Å². The zero-order chi connectivity index (χ0) is 20.4. The highest BCUT2D eigenvalue weighted by molar-refractivity contribution is 8.01. The Bertz CT molecular complexity index is 896. The molecule has 1 fully saturated rings. The number of thioether (sulfide) groups is 1. The minimum Gasteiger partial charge on any atom is -0.480 e. The lowest BCUT2D eigenvalue weighted by molar-refractivity contribution is -0.144. The molecule has 10 nitrogen and oxygen atoms in total. The largest absolute Gasteiger partial charge is 0.480 e. The lowest BCUT2D eigenvalue weighted by atomic mass is 10.0. The topological polar surface area (TPSA) is 147 Å². The monoisotopic (exact) mass is 423 g/mol. The van der Waals surface area contributed by atoms with E-state index in [9.17, 15) is 19.5 Å². The van der Waals surface area contributed by atoms with E-state index in [0.29, 0.717) is 5.57 Å². The summed E-state index contributed by atoms with van der Waals surface area (Å²) < 4.78 is 0. The molecule has 1 aromatic rings. The SMILES string of the molecule is C=CC1=CN2C(=O)C(NC(=O)C(=NOCC)c3csc(N)n3)[C@H]2SC1C(=O)O.